The van der Waals surface area contributed by atoms with E-state index in [0.29, 0.717) is 5.75 Å². The smallest absolute Gasteiger partial charge is 0.158 e. The molecule has 5 rings (SSSR count). The normalized spacial score (nSPS) is 15.0. The highest BCUT2D eigenvalue weighted by Gasteiger charge is 2.22. The summed E-state index contributed by atoms with van der Waals surface area (Å²) < 4.78 is 1.92. The summed E-state index contributed by atoms with van der Waals surface area (Å²) in [5, 5.41) is 15.8. The summed E-state index contributed by atoms with van der Waals surface area (Å²) in [6.07, 6.45) is 0. The number of phenols is 1. The fourth-order valence-corrected chi connectivity index (χ4v) is 3.89. The standard InChI is InChI=1S/C21H21N5O/c1-15-14-20-22-21(16-6-2-3-7-17(16)26(20)23-15)25-12-10-24(11-13-25)18-8-4-5-9-19(18)27/h2-9,14,27H,10-13H2,1H3. The maximum Gasteiger partial charge on any atom is 0.158 e. The molecule has 0 radical (unpaired) electrons. The number of hydrogen-bond donors (Lipinski definition) is 1. The number of nitrogens with zero attached hydrogens (tertiary/aromatic N) is 5. The predicted octanol–water partition coefficient (Wildman–Crippen LogP) is 3.22. The quantitative estimate of drug-likeness (QED) is 0.596. The van der Waals surface area contributed by atoms with E-state index in [1.807, 2.05) is 47.8 Å². The lowest BCUT2D eigenvalue weighted by atomic mass is 10.2. The van der Waals surface area contributed by atoms with Gasteiger partial charge in [-0.1, -0.05) is 24.3 Å². The SMILES string of the molecule is Cc1cc2nc(N3CCN(c4ccccc4O)CC3)c3ccccc3n2n1. The van der Waals surface area contributed by atoms with Crippen LogP contribution in [-0.2, 0) is 0 Å². The van der Waals surface area contributed by atoms with Crippen LogP contribution in [0.1, 0.15) is 5.69 Å². The van der Waals surface area contributed by atoms with Crippen LogP contribution >= 0.6 is 0 Å². The average molecular weight is 359 g/mol. The van der Waals surface area contributed by atoms with Crippen molar-refractivity contribution in [2.45, 2.75) is 6.92 Å². The first-order valence-corrected chi connectivity index (χ1v) is 9.24. The molecule has 0 spiro atoms. The molecule has 0 bridgehead atoms. The second-order valence-corrected chi connectivity index (χ2v) is 6.97. The van der Waals surface area contributed by atoms with Crippen LogP contribution in [0.25, 0.3) is 16.6 Å². The molecular formula is C21H21N5O. The molecule has 2 aromatic carbocycles. The Labute approximate surface area is 157 Å². The van der Waals surface area contributed by atoms with Crippen LogP contribution in [0.15, 0.2) is 54.6 Å². The van der Waals surface area contributed by atoms with Crippen molar-refractivity contribution in [3.8, 4) is 5.75 Å². The maximum absolute atomic E-state index is 10.1. The summed E-state index contributed by atoms with van der Waals surface area (Å²) in [5.74, 6) is 1.35. The maximum atomic E-state index is 10.1. The van der Waals surface area contributed by atoms with Gasteiger partial charge in [-0.3, -0.25) is 0 Å². The van der Waals surface area contributed by atoms with Gasteiger partial charge in [-0.15, -0.1) is 0 Å². The number of rotatable bonds is 2. The molecule has 3 heterocycles. The lowest BCUT2D eigenvalue weighted by molar-refractivity contribution is 0.472. The largest absolute Gasteiger partial charge is 0.506 e. The van der Waals surface area contributed by atoms with Gasteiger partial charge in [0.15, 0.2) is 5.65 Å². The summed E-state index contributed by atoms with van der Waals surface area (Å²) in [6, 6.07) is 17.9. The summed E-state index contributed by atoms with van der Waals surface area (Å²) in [4.78, 5) is 9.49. The van der Waals surface area contributed by atoms with Crippen LogP contribution in [0.3, 0.4) is 0 Å². The monoisotopic (exact) mass is 359 g/mol. The Hall–Kier alpha value is -3.28. The molecular weight excluding hydrogens is 338 g/mol. The fourth-order valence-electron chi connectivity index (χ4n) is 3.89. The molecule has 6 heteroatoms. The molecule has 1 N–H and O–H groups in total. The topological polar surface area (TPSA) is 56.9 Å². The first kappa shape index (κ1) is 15.9. The van der Waals surface area contributed by atoms with Crippen molar-refractivity contribution in [2.24, 2.45) is 0 Å². The number of hydrogen-bond acceptors (Lipinski definition) is 5. The number of aryl methyl sites for hydroxylation is 1. The minimum Gasteiger partial charge on any atom is -0.506 e. The Morgan fingerprint density at radius 3 is 2.41 bits per heavy atom. The lowest BCUT2D eigenvalue weighted by Crippen LogP contribution is -2.47. The third-order valence-corrected chi connectivity index (χ3v) is 5.21. The van der Waals surface area contributed by atoms with Crippen LogP contribution in [-0.4, -0.2) is 45.9 Å². The zero-order valence-electron chi connectivity index (χ0n) is 15.2. The molecule has 136 valence electrons. The van der Waals surface area contributed by atoms with Crippen molar-refractivity contribution in [2.75, 3.05) is 36.0 Å². The zero-order chi connectivity index (χ0) is 18.4. The molecule has 27 heavy (non-hydrogen) atoms. The minimum atomic E-state index is 0.339. The number of fused-ring (bicyclic) bond motifs is 3. The van der Waals surface area contributed by atoms with Crippen LogP contribution < -0.4 is 9.80 Å². The highest BCUT2D eigenvalue weighted by atomic mass is 16.3. The zero-order valence-corrected chi connectivity index (χ0v) is 15.2. The van der Waals surface area contributed by atoms with Crippen molar-refractivity contribution in [3.63, 3.8) is 0 Å². The van der Waals surface area contributed by atoms with Crippen molar-refractivity contribution in [3.05, 3.63) is 60.3 Å². The van der Waals surface area contributed by atoms with Gasteiger partial charge < -0.3 is 14.9 Å². The van der Waals surface area contributed by atoms with E-state index in [-0.39, 0.29) is 0 Å². The summed E-state index contributed by atoms with van der Waals surface area (Å²) in [6.45, 7) is 5.39. The average Bonchev–Trinajstić information content (AvgIpc) is 3.08. The van der Waals surface area contributed by atoms with Gasteiger partial charge in [-0.05, 0) is 31.2 Å². The molecule has 0 aliphatic carbocycles. The highest BCUT2D eigenvalue weighted by molar-refractivity contribution is 5.91. The molecule has 0 unspecified atom stereocenters. The van der Waals surface area contributed by atoms with Crippen molar-refractivity contribution >= 4 is 28.1 Å². The number of piperazine rings is 1. The van der Waals surface area contributed by atoms with E-state index in [2.05, 4.69) is 27.0 Å². The van der Waals surface area contributed by atoms with E-state index in [4.69, 9.17) is 4.98 Å². The number of aromatic nitrogens is 3. The third kappa shape index (κ3) is 2.65. The molecule has 0 atom stereocenters. The van der Waals surface area contributed by atoms with Crippen LogP contribution in [0.2, 0.25) is 0 Å². The van der Waals surface area contributed by atoms with Gasteiger partial charge in [-0.25, -0.2) is 9.50 Å². The molecule has 1 fully saturated rings. The Morgan fingerprint density at radius 1 is 0.889 bits per heavy atom. The van der Waals surface area contributed by atoms with Gasteiger partial charge in [0.25, 0.3) is 0 Å². The third-order valence-electron chi connectivity index (χ3n) is 5.21. The van der Waals surface area contributed by atoms with E-state index in [1.54, 1.807) is 6.07 Å². The van der Waals surface area contributed by atoms with Crippen molar-refractivity contribution < 1.29 is 5.11 Å². The van der Waals surface area contributed by atoms with Gasteiger partial charge >= 0.3 is 0 Å². The van der Waals surface area contributed by atoms with Crippen LogP contribution in [0.4, 0.5) is 11.5 Å². The Kier molecular flexibility index (Phi) is 3.63. The van der Waals surface area contributed by atoms with Gasteiger partial charge in [-0.2, -0.15) is 5.10 Å². The summed E-state index contributed by atoms with van der Waals surface area (Å²) in [5.41, 5.74) is 3.82. The first-order valence-electron chi connectivity index (χ1n) is 9.24. The minimum absolute atomic E-state index is 0.339. The van der Waals surface area contributed by atoms with Crippen molar-refractivity contribution in [1.29, 1.82) is 0 Å². The summed E-state index contributed by atoms with van der Waals surface area (Å²) in [7, 11) is 0. The molecule has 0 amide bonds. The highest BCUT2D eigenvalue weighted by Crippen LogP contribution is 2.30. The van der Waals surface area contributed by atoms with E-state index >= 15 is 0 Å². The second kappa shape index (κ2) is 6.16. The van der Waals surface area contributed by atoms with E-state index in [9.17, 15) is 5.11 Å². The fraction of sp³-hybridized carbons (Fsp3) is 0.238. The van der Waals surface area contributed by atoms with E-state index in [0.717, 1.165) is 59.9 Å². The second-order valence-electron chi connectivity index (χ2n) is 6.97. The van der Waals surface area contributed by atoms with Gasteiger partial charge in [0.05, 0.1) is 16.9 Å². The number of benzene rings is 2. The van der Waals surface area contributed by atoms with Crippen LogP contribution in [0, 0.1) is 6.92 Å². The number of phenolic OH excluding ortho intramolecular Hbond substituents is 1. The van der Waals surface area contributed by atoms with E-state index in [1.165, 1.54) is 0 Å². The number of aromatic hydroxyl groups is 1. The molecule has 2 aromatic heterocycles. The number of anilines is 2. The molecule has 4 aromatic rings. The molecule has 1 saturated heterocycles. The Balaban J connectivity index is 1.50. The summed E-state index contributed by atoms with van der Waals surface area (Å²) >= 11 is 0. The molecule has 1 aliphatic heterocycles. The Bertz CT molecular complexity index is 1130. The van der Waals surface area contributed by atoms with Gasteiger partial charge in [0, 0.05) is 37.6 Å². The number of para-hydroxylation sites is 3. The van der Waals surface area contributed by atoms with Crippen molar-refractivity contribution in [1.82, 2.24) is 14.6 Å². The Morgan fingerprint density at radius 2 is 1.59 bits per heavy atom. The predicted molar refractivity (Wildman–Crippen MR) is 108 cm³/mol. The molecule has 0 saturated carbocycles. The van der Waals surface area contributed by atoms with Gasteiger partial charge in [0.2, 0.25) is 0 Å². The van der Waals surface area contributed by atoms with Gasteiger partial charge in [0.1, 0.15) is 11.6 Å². The molecule has 6 nitrogen and oxygen atoms in total. The first-order chi connectivity index (χ1) is 13.2. The van der Waals surface area contributed by atoms with E-state index < -0.39 is 0 Å². The van der Waals surface area contributed by atoms with Crippen LogP contribution in [0.5, 0.6) is 5.75 Å². The molecule has 1 aliphatic rings. The lowest BCUT2D eigenvalue weighted by Gasteiger charge is -2.37.